The zero-order valence-electron chi connectivity index (χ0n) is 17.4. The van der Waals surface area contributed by atoms with Gasteiger partial charge in [0.15, 0.2) is 0 Å². The molecule has 164 valence electrons. The summed E-state index contributed by atoms with van der Waals surface area (Å²) in [5.41, 5.74) is 1.78. The van der Waals surface area contributed by atoms with Gasteiger partial charge < -0.3 is 20.0 Å². The van der Waals surface area contributed by atoms with Crippen LogP contribution in [0.3, 0.4) is 0 Å². The van der Waals surface area contributed by atoms with Crippen LogP contribution in [0, 0.1) is 0 Å². The molecular weight excluding hydrogens is 418 g/mol. The SMILES string of the molecule is CC(C(=O)Nc1ccc2[nH]c(=O)[nH]c2c1)N1CCN(CCOc2ccccc2Cl)CC1. The number of rotatable bonds is 7. The number of anilines is 1. The van der Waals surface area contributed by atoms with Gasteiger partial charge in [0.25, 0.3) is 0 Å². The molecule has 3 N–H and O–H groups in total. The highest BCUT2D eigenvalue weighted by Gasteiger charge is 2.25. The molecule has 1 unspecified atom stereocenters. The second-order valence-electron chi connectivity index (χ2n) is 7.66. The third-order valence-electron chi connectivity index (χ3n) is 5.62. The smallest absolute Gasteiger partial charge is 0.323 e. The molecule has 1 saturated heterocycles. The molecule has 1 aliphatic heterocycles. The third-order valence-corrected chi connectivity index (χ3v) is 5.93. The van der Waals surface area contributed by atoms with Crippen LogP contribution in [0.25, 0.3) is 11.0 Å². The number of aromatic amines is 2. The molecule has 3 aromatic rings. The van der Waals surface area contributed by atoms with E-state index in [1.165, 1.54) is 0 Å². The number of piperazine rings is 1. The molecule has 9 heteroatoms. The van der Waals surface area contributed by atoms with Crippen molar-refractivity contribution in [2.24, 2.45) is 0 Å². The Morgan fingerprint density at radius 2 is 1.87 bits per heavy atom. The lowest BCUT2D eigenvalue weighted by Gasteiger charge is -2.37. The minimum Gasteiger partial charge on any atom is -0.491 e. The predicted octanol–water partition coefficient (Wildman–Crippen LogP) is 2.53. The molecule has 0 spiro atoms. The van der Waals surface area contributed by atoms with Gasteiger partial charge in [-0.05, 0) is 37.3 Å². The highest BCUT2D eigenvalue weighted by molar-refractivity contribution is 6.32. The van der Waals surface area contributed by atoms with E-state index >= 15 is 0 Å². The number of para-hydroxylation sites is 1. The van der Waals surface area contributed by atoms with Crippen molar-refractivity contribution >= 4 is 34.2 Å². The normalized spacial score (nSPS) is 16.3. The maximum atomic E-state index is 12.7. The average molecular weight is 444 g/mol. The Labute approximate surface area is 185 Å². The molecule has 0 aliphatic carbocycles. The van der Waals surface area contributed by atoms with Crippen molar-refractivity contribution in [1.29, 1.82) is 0 Å². The predicted molar refractivity (Wildman–Crippen MR) is 122 cm³/mol. The number of imidazole rings is 1. The van der Waals surface area contributed by atoms with Gasteiger partial charge in [0, 0.05) is 38.4 Å². The molecule has 1 amide bonds. The van der Waals surface area contributed by atoms with Crippen LogP contribution in [0.5, 0.6) is 5.75 Å². The fourth-order valence-corrected chi connectivity index (χ4v) is 3.93. The Kier molecular flexibility index (Phi) is 6.60. The molecule has 8 nitrogen and oxygen atoms in total. The first-order valence-corrected chi connectivity index (χ1v) is 10.7. The lowest BCUT2D eigenvalue weighted by Crippen LogP contribution is -2.53. The minimum atomic E-state index is -0.262. The number of benzene rings is 2. The van der Waals surface area contributed by atoms with Crippen LogP contribution in [-0.4, -0.2) is 71.0 Å². The van der Waals surface area contributed by atoms with Gasteiger partial charge in [-0.2, -0.15) is 0 Å². The lowest BCUT2D eigenvalue weighted by molar-refractivity contribution is -0.121. The Morgan fingerprint density at radius 3 is 2.65 bits per heavy atom. The number of hydrogen-bond acceptors (Lipinski definition) is 5. The van der Waals surface area contributed by atoms with E-state index < -0.39 is 0 Å². The van der Waals surface area contributed by atoms with E-state index in [9.17, 15) is 9.59 Å². The minimum absolute atomic E-state index is 0.0623. The summed E-state index contributed by atoms with van der Waals surface area (Å²) in [6.45, 7) is 6.68. The van der Waals surface area contributed by atoms with Crippen molar-refractivity contribution in [3.63, 3.8) is 0 Å². The second-order valence-corrected chi connectivity index (χ2v) is 8.07. The maximum Gasteiger partial charge on any atom is 0.323 e. The van der Waals surface area contributed by atoms with Gasteiger partial charge in [0.2, 0.25) is 5.91 Å². The number of nitrogens with zero attached hydrogens (tertiary/aromatic N) is 2. The van der Waals surface area contributed by atoms with E-state index in [2.05, 4.69) is 25.1 Å². The summed E-state index contributed by atoms with van der Waals surface area (Å²) in [6.07, 6.45) is 0. The Bertz CT molecular complexity index is 1100. The van der Waals surface area contributed by atoms with Crippen molar-refractivity contribution in [1.82, 2.24) is 19.8 Å². The van der Waals surface area contributed by atoms with E-state index in [0.717, 1.165) is 32.7 Å². The largest absolute Gasteiger partial charge is 0.491 e. The molecule has 31 heavy (non-hydrogen) atoms. The molecule has 1 aromatic heterocycles. The zero-order valence-corrected chi connectivity index (χ0v) is 18.1. The molecule has 0 radical (unpaired) electrons. The number of nitrogens with one attached hydrogen (secondary N) is 3. The maximum absolute atomic E-state index is 12.7. The van der Waals surface area contributed by atoms with Gasteiger partial charge in [-0.25, -0.2) is 4.79 Å². The summed E-state index contributed by atoms with van der Waals surface area (Å²) in [6, 6.07) is 12.5. The van der Waals surface area contributed by atoms with E-state index in [0.29, 0.717) is 34.1 Å². The fraction of sp³-hybridized carbons (Fsp3) is 0.364. The topological polar surface area (TPSA) is 93.5 Å². The van der Waals surface area contributed by atoms with Crippen LogP contribution in [0.4, 0.5) is 5.69 Å². The van der Waals surface area contributed by atoms with Crippen LogP contribution in [-0.2, 0) is 4.79 Å². The number of halogens is 1. The molecule has 1 aliphatic rings. The Hall–Kier alpha value is -2.81. The standard InChI is InChI=1S/C22H26ClN5O3/c1-15(21(29)24-16-6-7-18-19(14-16)26-22(30)25-18)28-10-8-27(9-11-28)12-13-31-20-5-3-2-4-17(20)23/h2-7,14-15H,8-13H2,1H3,(H,24,29)(H2,25,26,30). The molecule has 1 fully saturated rings. The second kappa shape index (κ2) is 9.55. The van der Waals surface area contributed by atoms with Crippen molar-refractivity contribution < 1.29 is 9.53 Å². The first-order valence-electron chi connectivity index (χ1n) is 10.4. The number of ether oxygens (including phenoxy) is 1. The van der Waals surface area contributed by atoms with Crippen molar-refractivity contribution in [2.45, 2.75) is 13.0 Å². The zero-order chi connectivity index (χ0) is 21.8. The number of H-pyrrole nitrogens is 2. The quantitative estimate of drug-likeness (QED) is 0.521. The van der Waals surface area contributed by atoms with Crippen LogP contribution in [0.15, 0.2) is 47.3 Å². The Morgan fingerprint density at radius 1 is 1.13 bits per heavy atom. The first kappa shape index (κ1) is 21.4. The van der Waals surface area contributed by atoms with E-state index in [1.807, 2.05) is 31.2 Å². The molecule has 2 heterocycles. The summed E-state index contributed by atoms with van der Waals surface area (Å²) in [7, 11) is 0. The van der Waals surface area contributed by atoms with E-state index in [1.54, 1.807) is 18.2 Å². The summed E-state index contributed by atoms with van der Waals surface area (Å²) < 4.78 is 5.77. The van der Waals surface area contributed by atoms with E-state index in [-0.39, 0.29) is 17.6 Å². The number of aromatic nitrogens is 2. The molecule has 0 saturated carbocycles. The number of amides is 1. The highest BCUT2D eigenvalue weighted by Crippen LogP contribution is 2.23. The summed E-state index contributed by atoms with van der Waals surface area (Å²) in [5.74, 6) is 0.641. The van der Waals surface area contributed by atoms with Crippen molar-refractivity contribution in [3.05, 3.63) is 58.0 Å². The number of carbonyl (C=O) groups is 1. The Balaban J connectivity index is 1.23. The lowest BCUT2D eigenvalue weighted by atomic mass is 10.2. The molecule has 1 atom stereocenters. The fourth-order valence-electron chi connectivity index (χ4n) is 3.74. The molecule has 4 rings (SSSR count). The summed E-state index contributed by atoms with van der Waals surface area (Å²) in [5, 5.41) is 3.57. The van der Waals surface area contributed by atoms with Gasteiger partial charge in [-0.15, -0.1) is 0 Å². The number of hydrogen-bond donors (Lipinski definition) is 3. The molecule has 2 aromatic carbocycles. The van der Waals surface area contributed by atoms with Gasteiger partial charge in [0.05, 0.1) is 22.1 Å². The number of fused-ring (bicyclic) bond motifs is 1. The van der Waals surface area contributed by atoms with Gasteiger partial charge in [0.1, 0.15) is 12.4 Å². The van der Waals surface area contributed by atoms with Gasteiger partial charge in [-0.1, -0.05) is 23.7 Å². The molecular formula is C22H26ClN5O3. The third kappa shape index (κ3) is 5.28. The summed E-state index contributed by atoms with van der Waals surface area (Å²) in [4.78, 5) is 34.0. The van der Waals surface area contributed by atoms with Crippen LogP contribution >= 0.6 is 11.6 Å². The van der Waals surface area contributed by atoms with Gasteiger partial charge in [-0.3, -0.25) is 14.6 Å². The average Bonchev–Trinajstić information content (AvgIpc) is 3.14. The van der Waals surface area contributed by atoms with Crippen LogP contribution in [0.1, 0.15) is 6.92 Å². The van der Waals surface area contributed by atoms with Crippen LogP contribution in [0.2, 0.25) is 5.02 Å². The highest BCUT2D eigenvalue weighted by atomic mass is 35.5. The van der Waals surface area contributed by atoms with Gasteiger partial charge >= 0.3 is 5.69 Å². The first-order chi connectivity index (χ1) is 15.0. The van der Waals surface area contributed by atoms with Crippen molar-refractivity contribution in [2.75, 3.05) is 44.6 Å². The molecule has 0 bridgehead atoms. The van der Waals surface area contributed by atoms with Crippen LogP contribution < -0.4 is 15.7 Å². The summed E-state index contributed by atoms with van der Waals surface area (Å²) >= 11 is 6.12. The monoisotopic (exact) mass is 443 g/mol. The van der Waals surface area contributed by atoms with Crippen molar-refractivity contribution in [3.8, 4) is 5.75 Å². The number of carbonyl (C=O) groups excluding carboxylic acids is 1. The van der Waals surface area contributed by atoms with E-state index in [4.69, 9.17) is 16.3 Å².